The summed E-state index contributed by atoms with van der Waals surface area (Å²) in [5.41, 5.74) is 1.31. The molecule has 0 bridgehead atoms. The van der Waals surface area contributed by atoms with E-state index in [1.165, 1.54) is 6.07 Å². The number of aromatic hydroxyl groups is 1. The summed E-state index contributed by atoms with van der Waals surface area (Å²) in [5, 5.41) is 10.0. The van der Waals surface area contributed by atoms with Gasteiger partial charge >= 0.3 is 0 Å². The Morgan fingerprint density at radius 3 is 2.33 bits per heavy atom. The first-order valence-corrected chi connectivity index (χ1v) is 5.70. The van der Waals surface area contributed by atoms with E-state index in [0.29, 0.717) is 10.7 Å². The molecule has 0 aliphatic rings. The molecule has 2 aromatic rings. The van der Waals surface area contributed by atoms with E-state index in [4.69, 9.17) is 23.2 Å². The summed E-state index contributed by atoms with van der Waals surface area (Å²) in [5.74, 6) is -0.0312. The van der Waals surface area contributed by atoms with Gasteiger partial charge in [-0.25, -0.2) is 0 Å². The molecular weight excluding hydrogens is 293 g/mol. The second-order valence-electron chi connectivity index (χ2n) is 3.40. The second kappa shape index (κ2) is 6.64. The zero-order valence-corrected chi connectivity index (χ0v) is 11.5. The highest BCUT2D eigenvalue weighted by Crippen LogP contribution is 2.38. The van der Waals surface area contributed by atoms with E-state index in [1.807, 2.05) is 30.3 Å². The van der Waals surface area contributed by atoms with Crippen LogP contribution in [0.2, 0.25) is 10.0 Å². The van der Waals surface area contributed by atoms with Crippen molar-refractivity contribution in [3.05, 3.63) is 58.1 Å². The number of benzene rings is 2. The van der Waals surface area contributed by atoms with Crippen LogP contribution in [0.5, 0.6) is 5.75 Å². The van der Waals surface area contributed by atoms with Gasteiger partial charge in [0.2, 0.25) is 0 Å². The molecule has 2 rings (SSSR count). The van der Waals surface area contributed by atoms with Crippen LogP contribution in [0.1, 0.15) is 5.56 Å². The SMILES string of the molecule is Cl.Oc1ccc(Cl)c(N=Cc2ccccc2)c1Cl. The van der Waals surface area contributed by atoms with Crippen molar-refractivity contribution in [2.24, 2.45) is 4.99 Å². The van der Waals surface area contributed by atoms with Crippen LogP contribution in [0.4, 0.5) is 5.69 Å². The maximum absolute atomic E-state index is 9.46. The Balaban J connectivity index is 0.00000162. The number of rotatable bonds is 2. The quantitative estimate of drug-likeness (QED) is 0.789. The number of phenols is 1. The van der Waals surface area contributed by atoms with Crippen molar-refractivity contribution in [1.82, 2.24) is 0 Å². The van der Waals surface area contributed by atoms with Gasteiger partial charge in [0, 0.05) is 6.21 Å². The molecule has 0 fully saturated rings. The summed E-state index contributed by atoms with van der Waals surface area (Å²) in [6.45, 7) is 0. The maximum atomic E-state index is 9.46. The first-order chi connectivity index (χ1) is 8.18. The predicted octanol–water partition coefficient (Wildman–Crippen LogP) is 4.87. The second-order valence-corrected chi connectivity index (χ2v) is 4.18. The predicted molar refractivity (Wildman–Crippen MR) is 79.1 cm³/mol. The average Bonchev–Trinajstić information content (AvgIpc) is 2.35. The zero-order chi connectivity index (χ0) is 12.3. The lowest BCUT2D eigenvalue weighted by atomic mass is 10.2. The molecule has 0 unspecified atom stereocenters. The highest BCUT2D eigenvalue weighted by molar-refractivity contribution is 6.39. The summed E-state index contributed by atoms with van der Waals surface area (Å²) in [7, 11) is 0. The fourth-order valence-electron chi connectivity index (χ4n) is 1.33. The van der Waals surface area contributed by atoms with E-state index >= 15 is 0 Å². The summed E-state index contributed by atoms with van der Waals surface area (Å²) < 4.78 is 0. The molecule has 0 aliphatic carbocycles. The van der Waals surface area contributed by atoms with Gasteiger partial charge < -0.3 is 5.11 Å². The molecular formula is C13H10Cl3NO. The molecule has 0 radical (unpaired) electrons. The highest BCUT2D eigenvalue weighted by Gasteiger charge is 2.08. The third-order valence-electron chi connectivity index (χ3n) is 2.19. The Bertz CT molecular complexity index is 556. The van der Waals surface area contributed by atoms with Crippen LogP contribution in [0.3, 0.4) is 0 Å². The smallest absolute Gasteiger partial charge is 0.136 e. The Labute approximate surface area is 121 Å². The molecule has 5 heteroatoms. The number of phenolic OH excluding ortho intramolecular Hbond substituents is 1. The van der Waals surface area contributed by atoms with Gasteiger partial charge in [0.25, 0.3) is 0 Å². The summed E-state index contributed by atoms with van der Waals surface area (Å²) in [4.78, 5) is 4.19. The van der Waals surface area contributed by atoms with Crippen molar-refractivity contribution in [3.8, 4) is 5.75 Å². The van der Waals surface area contributed by atoms with E-state index < -0.39 is 0 Å². The molecule has 0 amide bonds. The zero-order valence-electron chi connectivity index (χ0n) is 9.18. The van der Waals surface area contributed by atoms with Crippen molar-refractivity contribution >= 4 is 47.5 Å². The van der Waals surface area contributed by atoms with E-state index in [9.17, 15) is 5.11 Å². The van der Waals surface area contributed by atoms with E-state index in [-0.39, 0.29) is 23.2 Å². The summed E-state index contributed by atoms with van der Waals surface area (Å²) in [6.07, 6.45) is 1.65. The van der Waals surface area contributed by atoms with Crippen LogP contribution in [-0.4, -0.2) is 11.3 Å². The maximum Gasteiger partial charge on any atom is 0.136 e. The number of hydrogen-bond acceptors (Lipinski definition) is 2. The van der Waals surface area contributed by atoms with Crippen LogP contribution < -0.4 is 0 Å². The van der Waals surface area contributed by atoms with Crippen LogP contribution in [-0.2, 0) is 0 Å². The molecule has 0 atom stereocenters. The van der Waals surface area contributed by atoms with Crippen LogP contribution >= 0.6 is 35.6 Å². The van der Waals surface area contributed by atoms with Crippen LogP contribution in [0.25, 0.3) is 0 Å². The van der Waals surface area contributed by atoms with Gasteiger partial charge in [-0.2, -0.15) is 0 Å². The lowest BCUT2D eigenvalue weighted by molar-refractivity contribution is 0.476. The van der Waals surface area contributed by atoms with Crippen molar-refractivity contribution in [2.75, 3.05) is 0 Å². The van der Waals surface area contributed by atoms with Gasteiger partial charge in [-0.3, -0.25) is 4.99 Å². The molecule has 1 N–H and O–H groups in total. The van der Waals surface area contributed by atoms with Crippen molar-refractivity contribution in [3.63, 3.8) is 0 Å². The normalized spacial score (nSPS) is 10.3. The lowest BCUT2D eigenvalue weighted by Gasteiger charge is -2.03. The fraction of sp³-hybridized carbons (Fsp3) is 0. The van der Waals surface area contributed by atoms with Gasteiger partial charge in [-0.1, -0.05) is 53.5 Å². The Morgan fingerprint density at radius 2 is 1.67 bits per heavy atom. The van der Waals surface area contributed by atoms with E-state index in [0.717, 1.165) is 5.56 Å². The molecule has 2 aromatic carbocycles. The van der Waals surface area contributed by atoms with Crippen molar-refractivity contribution < 1.29 is 5.11 Å². The minimum atomic E-state index is -0.0312. The third kappa shape index (κ3) is 3.39. The lowest BCUT2D eigenvalue weighted by Crippen LogP contribution is -1.80. The highest BCUT2D eigenvalue weighted by atomic mass is 35.5. The molecule has 2 nitrogen and oxygen atoms in total. The minimum absolute atomic E-state index is 0. The molecule has 94 valence electrons. The van der Waals surface area contributed by atoms with Gasteiger partial charge in [0.15, 0.2) is 0 Å². The number of halogens is 3. The molecule has 0 aromatic heterocycles. The van der Waals surface area contributed by atoms with Gasteiger partial charge in [-0.05, 0) is 17.7 Å². The van der Waals surface area contributed by atoms with Gasteiger partial charge in [0.1, 0.15) is 16.5 Å². The molecule has 0 saturated carbocycles. The van der Waals surface area contributed by atoms with Crippen molar-refractivity contribution in [2.45, 2.75) is 0 Å². The number of aliphatic imine (C=N–C) groups is 1. The van der Waals surface area contributed by atoms with E-state index in [2.05, 4.69) is 4.99 Å². The summed E-state index contributed by atoms with van der Waals surface area (Å²) >= 11 is 11.9. The monoisotopic (exact) mass is 301 g/mol. The molecule has 0 aliphatic heterocycles. The first-order valence-electron chi connectivity index (χ1n) is 4.94. The average molecular weight is 303 g/mol. The Hall–Kier alpha value is -1.22. The van der Waals surface area contributed by atoms with Crippen LogP contribution in [0.15, 0.2) is 47.5 Å². The Morgan fingerprint density at radius 1 is 1.00 bits per heavy atom. The largest absolute Gasteiger partial charge is 0.506 e. The molecule has 0 heterocycles. The van der Waals surface area contributed by atoms with Crippen LogP contribution in [0, 0.1) is 0 Å². The fourth-order valence-corrected chi connectivity index (χ4v) is 1.80. The molecule has 0 saturated heterocycles. The molecule has 0 spiro atoms. The van der Waals surface area contributed by atoms with Gasteiger partial charge in [-0.15, -0.1) is 12.4 Å². The van der Waals surface area contributed by atoms with Crippen molar-refractivity contribution in [1.29, 1.82) is 0 Å². The first kappa shape index (κ1) is 14.8. The summed E-state index contributed by atoms with van der Waals surface area (Å²) in [6, 6.07) is 12.6. The van der Waals surface area contributed by atoms with E-state index in [1.54, 1.807) is 12.3 Å². The van der Waals surface area contributed by atoms with Gasteiger partial charge in [0.05, 0.1) is 5.02 Å². The topological polar surface area (TPSA) is 32.6 Å². The standard InChI is InChI=1S/C13H9Cl2NO.ClH/c14-10-6-7-11(17)12(15)13(10)16-8-9-4-2-1-3-5-9;/h1-8,17H;1H. The Kier molecular flexibility index (Phi) is 5.48. The molecule has 18 heavy (non-hydrogen) atoms. The number of nitrogens with zero attached hydrogens (tertiary/aromatic N) is 1. The number of hydrogen-bond donors (Lipinski definition) is 1. The third-order valence-corrected chi connectivity index (χ3v) is 2.87. The minimum Gasteiger partial charge on any atom is -0.506 e.